The molecule has 84 valence electrons. The number of hydrogen-bond donors (Lipinski definition) is 2. The number of aliphatic hydroxyl groups is 1. The van der Waals surface area contributed by atoms with E-state index in [1.54, 1.807) is 11.8 Å². The molecule has 2 unspecified atom stereocenters. The summed E-state index contributed by atoms with van der Waals surface area (Å²) in [6, 6.07) is 0. The number of hydrogen-bond acceptors (Lipinski definition) is 4. The lowest BCUT2D eigenvalue weighted by atomic mass is 10.2. The molecule has 2 rings (SSSR count). The van der Waals surface area contributed by atoms with Crippen LogP contribution in [0.15, 0.2) is 23.3 Å². The zero-order valence-electron chi connectivity index (χ0n) is 9.23. The Bertz CT molecular complexity index is 301. The number of aliphatic hydroxyl groups excluding tert-OH is 1. The Morgan fingerprint density at radius 2 is 2.40 bits per heavy atom. The highest BCUT2D eigenvalue weighted by atomic mass is 32.2. The normalized spacial score (nSPS) is 33.7. The molecule has 0 aromatic heterocycles. The van der Waals surface area contributed by atoms with Gasteiger partial charge in [0.2, 0.25) is 0 Å². The van der Waals surface area contributed by atoms with E-state index < -0.39 is 6.10 Å². The smallest absolute Gasteiger partial charge is 0.170 e. The van der Waals surface area contributed by atoms with E-state index in [1.165, 1.54) is 4.91 Å². The van der Waals surface area contributed by atoms with Crippen LogP contribution in [0.1, 0.15) is 20.3 Å². The number of nitrogens with zero attached hydrogens (tertiary/aromatic N) is 1. The molecule has 0 saturated heterocycles. The van der Waals surface area contributed by atoms with Gasteiger partial charge in [0.05, 0.1) is 6.10 Å². The maximum Gasteiger partial charge on any atom is 0.170 e. The number of nitrogens with one attached hydrogen (secondary N) is 1. The first kappa shape index (κ1) is 11.0. The lowest BCUT2D eigenvalue weighted by Crippen LogP contribution is -2.60. The highest BCUT2D eigenvalue weighted by molar-refractivity contribution is 8.04. The largest absolute Gasteiger partial charge is 0.389 e. The van der Waals surface area contributed by atoms with E-state index in [9.17, 15) is 5.11 Å². The van der Waals surface area contributed by atoms with Gasteiger partial charge < -0.3 is 10.4 Å². The van der Waals surface area contributed by atoms with E-state index in [0.29, 0.717) is 0 Å². The average Bonchev–Trinajstić information content (AvgIpc) is 2.63. The molecule has 0 spiro atoms. The maximum atomic E-state index is 9.99. The Morgan fingerprint density at radius 3 is 2.87 bits per heavy atom. The van der Waals surface area contributed by atoms with Gasteiger partial charge in [-0.25, -0.2) is 0 Å². The van der Waals surface area contributed by atoms with Crippen LogP contribution in [0, 0.1) is 0 Å². The van der Waals surface area contributed by atoms with Crippen LogP contribution in [-0.2, 0) is 0 Å². The minimum atomic E-state index is -0.400. The molecule has 0 amide bonds. The van der Waals surface area contributed by atoms with E-state index in [4.69, 9.17) is 0 Å². The van der Waals surface area contributed by atoms with Crippen LogP contribution in [0.25, 0.3) is 0 Å². The number of allylic oxidation sites excluding steroid dienone is 1. The van der Waals surface area contributed by atoms with Crippen LogP contribution in [0.2, 0.25) is 0 Å². The van der Waals surface area contributed by atoms with Gasteiger partial charge in [-0.3, -0.25) is 4.90 Å². The highest BCUT2D eigenvalue weighted by Gasteiger charge is 2.44. The summed E-state index contributed by atoms with van der Waals surface area (Å²) >= 11 is 1.72. The predicted molar refractivity (Wildman–Crippen MR) is 64.2 cm³/mol. The molecule has 2 N–H and O–H groups in total. The molecule has 3 nitrogen and oxygen atoms in total. The second-order valence-corrected chi connectivity index (χ2v) is 5.55. The minimum Gasteiger partial charge on any atom is -0.389 e. The second kappa shape index (κ2) is 4.20. The Labute approximate surface area is 95.2 Å². The fourth-order valence-corrected chi connectivity index (χ4v) is 3.27. The molecule has 0 aromatic carbocycles. The van der Waals surface area contributed by atoms with Gasteiger partial charge in [-0.05, 0) is 20.3 Å². The van der Waals surface area contributed by atoms with Crippen molar-refractivity contribution in [3.05, 3.63) is 23.3 Å². The first-order chi connectivity index (χ1) is 7.15. The van der Waals surface area contributed by atoms with Gasteiger partial charge in [-0.2, -0.15) is 0 Å². The van der Waals surface area contributed by atoms with Gasteiger partial charge in [-0.15, -0.1) is 0 Å². The van der Waals surface area contributed by atoms with Gasteiger partial charge in [0, 0.05) is 24.2 Å². The predicted octanol–water partition coefficient (Wildman–Crippen LogP) is 1.48. The zero-order chi connectivity index (χ0) is 10.9. The monoisotopic (exact) mass is 226 g/mol. The zero-order valence-corrected chi connectivity index (χ0v) is 10.0. The summed E-state index contributed by atoms with van der Waals surface area (Å²) in [5, 5.41) is 13.3. The van der Waals surface area contributed by atoms with Gasteiger partial charge >= 0.3 is 0 Å². The summed E-state index contributed by atoms with van der Waals surface area (Å²) in [7, 11) is 0. The fraction of sp³-hybridized carbons (Fsp3) is 0.636. The molecule has 2 heterocycles. The van der Waals surface area contributed by atoms with E-state index in [2.05, 4.69) is 29.3 Å². The lowest BCUT2D eigenvalue weighted by molar-refractivity contribution is 0.0321. The Hall–Kier alpha value is -0.450. The molecule has 0 aromatic rings. The molecule has 2 atom stereocenters. The third kappa shape index (κ3) is 1.94. The molecule has 0 aliphatic carbocycles. The second-order valence-electron chi connectivity index (χ2n) is 4.08. The first-order valence-corrected chi connectivity index (χ1v) is 6.18. The molecule has 2 aliphatic heterocycles. The summed E-state index contributed by atoms with van der Waals surface area (Å²) in [6.07, 6.45) is 7.03. The van der Waals surface area contributed by atoms with Gasteiger partial charge in [0.1, 0.15) is 0 Å². The van der Waals surface area contributed by atoms with Crippen molar-refractivity contribution in [1.82, 2.24) is 10.2 Å². The van der Waals surface area contributed by atoms with Crippen LogP contribution in [0.3, 0.4) is 0 Å². The molecule has 15 heavy (non-hydrogen) atoms. The minimum absolute atomic E-state index is 0.352. The third-order valence-corrected chi connectivity index (χ3v) is 4.36. The fourth-order valence-electron chi connectivity index (χ4n) is 2.08. The van der Waals surface area contributed by atoms with Gasteiger partial charge in [0.25, 0.3) is 0 Å². The molecular formula is C11H18N2OS. The van der Waals surface area contributed by atoms with E-state index in [-0.39, 0.29) is 4.99 Å². The Morgan fingerprint density at radius 1 is 1.60 bits per heavy atom. The van der Waals surface area contributed by atoms with Crippen molar-refractivity contribution in [2.45, 2.75) is 31.4 Å². The van der Waals surface area contributed by atoms with Crippen LogP contribution < -0.4 is 5.32 Å². The van der Waals surface area contributed by atoms with Crippen molar-refractivity contribution in [2.75, 3.05) is 13.1 Å². The van der Waals surface area contributed by atoms with Crippen molar-refractivity contribution in [1.29, 1.82) is 0 Å². The molecule has 0 saturated carbocycles. The summed E-state index contributed by atoms with van der Waals surface area (Å²) in [5.74, 6) is 0. The molecule has 4 heteroatoms. The number of rotatable bonds is 2. The molecule has 0 bridgehead atoms. The topological polar surface area (TPSA) is 35.5 Å². The van der Waals surface area contributed by atoms with Crippen molar-refractivity contribution in [2.24, 2.45) is 0 Å². The summed E-state index contributed by atoms with van der Waals surface area (Å²) in [6.45, 7) is 5.83. The quantitative estimate of drug-likeness (QED) is 0.699. The van der Waals surface area contributed by atoms with Crippen molar-refractivity contribution >= 4 is 11.8 Å². The first-order valence-electron chi connectivity index (χ1n) is 5.37. The summed E-state index contributed by atoms with van der Waals surface area (Å²) in [4.78, 5) is 3.18. The Balaban J connectivity index is 2.17. The molecule has 0 fully saturated rings. The number of thioether (sulfide) groups is 1. The van der Waals surface area contributed by atoms with Gasteiger partial charge in [-0.1, -0.05) is 23.9 Å². The highest BCUT2D eigenvalue weighted by Crippen LogP contribution is 2.40. The standard InChI is InChI=1S/C11H18N2OS/c1-9-8-12-11(15-9,10(2)14)13-6-4-3-5-7-13/h3-4,8,10,12,14H,5-7H2,1-2H3. The van der Waals surface area contributed by atoms with Crippen LogP contribution >= 0.6 is 11.8 Å². The van der Waals surface area contributed by atoms with Crippen molar-refractivity contribution < 1.29 is 5.11 Å². The van der Waals surface area contributed by atoms with E-state index in [1.807, 2.05) is 13.1 Å². The van der Waals surface area contributed by atoms with E-state index in [0.717, 1.165) is 19.5 Å². The SMILES string of the molecule is CC1=CNC(C(C)O)(N2CC=CCC2)S1. The van der Waals surface area contributed by atoms with Gasteiger partial charge in [0.15, 0.2) is 4.99 Å². The average molecular weight is 226 g/mol. The van der Waals surface area contributed by atoms with Crippen molar-refractivity contribution in [3.63, 3.8) is 0 Å². The lowest BCUT2D eigenvalue weighted by Gasteiger charge is -2.43. The summed E-state index contributed by atoms with van der Waals surface area (Å²) in [5.41, 5.74) is 0. The molecular weight excluding hydrogens is 208 g/mol. The molecule has 0 radical (unpaired) electrons. The summed E-state index contributed by atoms with van der Waals surface area (Å²) < 4.78 is 0. The van der Waals surface area contributed by atoms with E-state index >= 15 is 0 Å². The maximum absolute atomic E-state index is 9.99. The Kier molecular flexibility index (Phi) is 3.09. The van der Waals surface area contributed by atoms with Crippen LogP contribution in [-0.4, -0.2) is 34.2 Å². The van der Waals surface area contributed by atoms with Crippen molar-refractivity contribution in [3.8, 4) is 0 Å². The third-order valence-electron chi connectivity index (χ3n) is 2.89. The van der Waals surface area contributed by atoms with Crippen LogP contribution in [0.4, 0.5) is 0 Å². The molecule has 2 aliphatic rings. The van der Waals surface area contributed by atoms with Crippen LogP contribution in [0.5, 0.6) is 0 Å².